The number of carbonyl (C=O) groups is 7. The van der Waals surface area contributed by atoms with Crippen LogP contribution in [0.1, 0.15) is 81.9 Å². The SMILES string of the molecule is CCC[C@H](NC(=O)[C@@H]1C[C@@H]2CN1C(=O)[C@H](C1CCCCC1)NC(=O)Cc1cc(OC)cc(c1)OCCCO2)C(=O)C(=O)NCC(=O)N[C@H](C(=O)N(C)C)c1ccccc1. The van der Waals surface area contributed by atoms with Crippen molar-refractivity contribution in [2.45, 2.75) is 101 Å². The number of rotatable bonds is 13. The number of fused-ring (bicyclic) bond motifs is 4. The molecule has 320 valence electrons. The van der Waals surface area contributed by atoms with Crippen molar-refractivity contribution in [3.63, 3.8) is 0 Å². The quantitative estimate of drug-likeness (QED) is 0.217. The molecule has 6 amide bonds. The van der Waals surface area contributed by atoms with Crippen LogP contribution >= 0.6 is 0 Å². The lowest BCUT2D eigenvalue weighted by Crippen LogP contribution is -2.58. The molecule has 1 aliphatic carbocycles. The van der Waals surface area contributed by atoms with Crippen molar-refractivity contribution < 1.29 is 47.8 Å². The Morgan fingerprint density at radius 2 is 1.71 bits per heavy atom. The van der Waals surface area contributed by atoms with Crippen molar-refractivity contribution in [1.29, 1.82) is 0 Å². The van der Waals surface area contributed by atoms with Crippen LogP contribution in [0.2, 0.25) is 0 Å². The van der Waals surface area contributed by atoms with Crippen LogP contribution in [0.3, 0.4) is 0 Å². The van der Waals surface area contributed by atoms with E-state index in [0.717, 1.165) is 32.1 Å². The molecule has 0 spiro atoms. The summed E-state index contributed by atoms with van der Waals surface area (Å²) in [6.45, 7) is 1.90. The molecular formula is C43H58N6O10. The highest BCUT2D eigenvalue weighted by Crippen LogP contribution is 2.31. The highest BCUT2D eigenvalue weighted by molar-refractivity contribution is 6.38. The second kappa shape index (κ2) is 21.5. The van der Waals surface area contributed by atoms with Gasteiger partial charge in [-0.05, 0) is 48.4 Å². The largest absolute Gasteiger partial charge is 0.497 e. The van der Waals surface area contributed by atoms with E-state index in [1.54, 1.807) is 69.6 Å². The summed E-state index contributed by atoms with van der Waals surface area (Å²) in [6, 6.07) is 9.68. The monoisotopic (exact) mass is 818 g/mol. The molecule has 5 rings (SSSR count). The van der Waals surface area contributed by atoms with E-state index in [1.807, 2.05) is 0 Å². The van der Waals surface area contributed by atoms with Crippen LogP contribution in [-0.2, 0) is 44.7 Å². The molecule has 2 aromatic carbocycles. The summed E-state index contributed by atoms with van der Waals surface area (Å²) in [5.74, 6) is -3.58. The lowest BCUT2D eigenvalue weighted by molar-refractivity contribution is -0.144. The van der Waals surface area contributed by atoms with Crippen LogP contribution in [0, 0.1) is 5.92 Å². The summed E-state index contributed by atoms with van der Waals surface area (Å²) in [6.07, 6.45) is 4.96. The minimum Gasteiger partial charge on any atom is -0.497 e. The van der Waals surface area contributed by atoms with E-state index in [-0.39, 0.29) is 43.5 Å². The fraction of sp³-hybridized carbons (Fsp3) is 0.558. The van der Waals surface area contributed by atoms with E-state index in [2.05, 4.69) is 21.3 Å². The molecule has 4 N–H and O–H groups in total. The Hall–Kier alpha value is -5.51. The standard InChI is InChI=1S/C43H58N6O10/c1-5-13-33(39(52)41(54)44-25-36(51)47-37(42(55)48(2)3)28-14-8-6-9-15-28)45-40(53)34-24-32-26-49(34)43(56)38(29-16-10-7-11-17-29)46-35(50)22-27-20-30(57-4)23-31(21-27)58-18-12-19-59-32/h6,8-9,14-15,20-21,23,29,32-34,37-38H,5,7,10-13,16-19,22,24-26H2,1-4H3,(H,44,54)(H,45,53)(H,46,50)(H,47,51)/t32-,33+,34+,37+,38+/m1/s1. The number of Topliss-reactive ketones (excluding diaryl/α,β-unsaturated/α-hetero) is 1. The molecule has 0 radical (unpaired) electrons. The maximum absolute atomic E-state index is 14.6. The Balaban J connectivity index is 1.30. The lowest BCUT2D eigenvalue weighted by Gasteiger charge is -2.35. The molecule has 59 heavy (non-hydrogen) atoms. The molecule has 4 bridgehead atoms. The Bertz CT molecular complexity index is 1820. The number of nitrogens with one attached hydrogen (secondary N) is 4. The van der Waals surface area contributed by atoms with Crippen LogP contribution in [0.4, 0.5) is 0 Å². The zero-order valence-corrected chi connectivity index (χ0v) is 34.5. The molecule has 2 aromatic rings. The van der Waals surface area contributed by atoms with E-state index in [4.69, 9.17) is 14.2 Å². The molecule has 0 unspecified atom stereocenters. The third kappa shape index (κ3) is 12.3. The summed E-state index contributed by atoms with van der Waals surface area (Å²) in [4.78, 5) is 97.7. The predicted molar refractivity (Wildman–Crippen MR) is 216 cm³/mol. The number of hydrogen-bond donors (Lipinski definition) is 4. The van der Waals surface area contributed by atoms with Gasteiger partial charge in [-0.15, -0.1) is 0 Å². The zero-order valence-electron chi connectivity index (χ0n) is 34.5. The molecule has 16 heteroatoms. The van der Waals surface area contributed by atoms with Gasteiger partial charge in [0.15, 0.2) is 0 Å². The van der Waals surface area contributed by atoms with Crippen LogP contribution in [0.15, 0.2) is 48.5 Å². The van der Waals surface area contributed by atoms with Crippen LogP contribution < -0.4 is 30.7 Å². The molecule has 2 fully saturated rings. The van der Waals surface area contributed by atoms with Crippen molar-refractivity contribution >= 4 is 41.2 Å². The average Bonchev–Trinajstić information content (AvgIpc) is 3.67. The first-order valence-electron chi connectivity index (χ1n) is 20.6. The molecule has 1 saturated carbocycles. The van der Waals surface area contributed by atoms with Crippen molar-refractivity contribution in [2.75, 3.05) is 47.5 Å². The minimum atomic E-state index is -1.25. The number of ketones is 1. The molecule has 3 aliphatic rings. The summed E-state index contributed by atoms with van der Waals surface area (Å²) < 4.78 is 17.6. The fourth-order valence-electron chi connectivity index (χ4n) is 7.92. The highest BCUT2D eigenvalue weighted by atomic mass is 16.5. The van der Waals surface area contributed by atoms with E-state index >= 15 is 0 Å². The van der Waals surface area contributed by atoms with Gasteiger partial charge in [0.1, 0.15) is 29.6 Å². The maximum Gasteiger partial charge on any atom is 0.290 e. The highest BCUT2D eigenvalue weighted by Gasteiger charge is 2.45. The van der Waals surface area contributed by atoms with Crippen molar-refractivity contribution in [3.05, 3.63) is 59.7 Å². The minimum absolute atomic E-state index is 0.0218. The van der Waals surface area contributed by atoms with Gasteiger partial charge in [-0.1, -0.05) is 62.9 Å². The van der Waals surface area contributed by atoms with E-state index in [1.165, 1.54) is 16.9 Å². The van der Waals surface area contributed by atoms with Gasteiger partial charge in [0, 0.05) is 39.5 Å². The number of likely N-dealkylation sites (N-methyl/N-ethyl adjacent to an activating group) is 1. The van der Waals surface area contributed by atoms with Gasteiger partial charge in [0.2, 0.25) is 35.3 Å². The van der Waals surface area contributed by atoms with E-state index in [0.29, 0.717) is 48.7 Å². The number of carbonyl (C=O) groups excluding carboxylic acids is 7. The summed E-state index contributed by atoms with van der Waals surface area (Å²) in [7, 11) is 4.65. The summed E-state index contributed by atoms with van der Waals surface area (Å²) in [5.41, 5.74) is 1.20. The molecule has 2 heterocycles. The number of nitrogens with zero attached hydrogens (tertiary/aromatic N) is 2. The summed E-state index contributed by atoms with van der Waals surface area (Å²) >= 11 is 0. The van der Waals surface area contributed by atoms with Gasteiger partial charge in [-0.25, -0.2) is 0 Å². The second-order valence-electron chi connectivity index (χ2n) is 15.6. The van der Waals surface area contributed by atoms with E-state index in [9.17, 15) is 33.6 Å². The Kier molecular flexibility index (Phi) is 16.2. The zero-order chi connectivity index (χ0) is 42.5. The molecular weight excluding hydrogens is 761 g/mol. The normalized spacial score (nSPS) is 21.2. The van der Waals surface area contributed by atoms with Gasteiger partial charge in [-0.3, -0.25) is 33.6 Å². The van der Waals surface area contributed by atoms with Gasteiger partial charge >= 0.3 is 0 Å². The molecule has 16 nitrogen and oxygen atoms in total. The third-order valence-corrected chi connectivity index (χ3v) is 11.0. The van der Waals surface area contributed by atoms with Gasteiger partial charge < -0.3 is 45.3 Å². The van der Waals surface area contributed by atoms with Crippen molar-refractivity contribution in [1.82, 2.24) is 31.1 Å². The number of hydrogen-bond acceptors (Lipinski definition) is 10. The molecule has 2 aliphatic heterocycles. The van der Waals surface area contributed by atoms with E-state index < -0.39 is 66.2 Å². The van der Waals surface area contributed by atoms with Crippen molar-refractivity contribution in [3.8, 4) is 11.5 Å². The Morgan fingerprint density at radius 1 is 0.966 bits per heavy atom. The van der Waals surface area contributed by atoms with Gasteiger partial charge in [0.25, 0.3) is 5.91 Å². The molecule has 1 saturated heterocycles. The lowest BCUT2D eigenvalue weighted by atomic mass is 9.83. The number of ether oxygens (including phenoxy) is 3. The van der Waals surface area contributed by atoms with Gasteiger partial charge in [0.05, 0.1) is 45.4 Å². The van der Waals surface area contributed by atoms with Gasteiger partial charge in [-0.2, -0.15) is 0 Å². The predicted octanol–water partition coefficient (Wildman–Crippen LogP) is 1.99. The van der Waals surface area contributed by atoms with Crippen molar-refractivity contribution in [2.24, 2.45) is 5.92 Å². The first-order valence-corrected chi connectivity index (χ1v) is 20.6. The second-order valence-corrected chi connectivity index (χ2v) is 15.6. The number of benzene rings is 2. The Morgan fingerprint density at radius 3 is 2.41 bits per heavy atom. The first kappa shape index (κ1) is 44.6. The maximum atomic E-state index is 14.6. The topological polar surface area (TPSA) is 202 Å². The van der Waals surface area contributed by atoms with Crippen LogP contribution in [0.5, 0.6) is 11.5 Å². The third-order valence-electron chi connectivity index (χ3n) is 11.0. The number of methoxy groups -OCH3 is 1. The number of amides is 6. The van der Waals surface area contributed by atoms with Crippen LogP contribution in [0.25, 0.3) is 0 Å². The average molecular weight is 819 g/mol. The molecule has 5 atom stereocenters. The van der Waals surface area contributed by atoms with Crippen LogP contribution in [-0.4, -0.2) is 123 Å². The first-order chi connectivity index (χ1) is 28.4. The Labute approximate surface area is 345 Å². The molecule has 0 aromatic heterocycles. The fourth-order valence-corrected chi connectivity index (χ4v) is 7.92. The summed E-state index contributed by atoms with van der Waals surface area (Å²) in [5, 5.41) is 10.7. The smallest absolute Gasteiger partial charge is 0.290 e.